The fraction of sp³-hybridized carbons (Fsp3) is 0.480. The van der Waals surface area contributed by atoms with Gasteiger partial charge in [0.2, 0.25) is 5.95 Å². The van der Waals surface area contributed by atoms with Crippen molar-refractivity contribution in [1.29, 1.82) is 0 Å². The van der Waals surface area contributed by atoms with Gasteiger partial charge in [0.05, 0.1) is 11.4 Å². The van der Waals surface area contributed by atoms with Gasteiger partial charge in [0.1, 0.15) is 0 Å². The number of isothiocyanates is 1. The summed E-state index contributed by atoms with van der Waals surface area (Å²) < 4.78 is 14.1. The molecule has 0 bridgehead atoms. The van der Waals surface area contributed by atoms with Gasteiger partial charge in [-0.25, -0.2) is 4.98 Å². The van der Waals surface area contributed by atoms with Gasteiger partial charge in [-0.15, -0.1) is 0 Å². The van der Waals surface area contributed by atoms with E-state index in [9.17, 15) is 4.39 Å². The number of rotatable bonds is 6. The molecule has 0 aliphatic heterocycles. The second-order valence-corrected chi connectivity index (χ2v) is 8.13. The average molecular weight is 422 g/mol. The number of hydrogen-bond donors (Lipinski definition) is 0. The summed E-state index contributed by atoms with van der Waals surface area (Å²) in [4.78, 5) is 11.3. The Morgan fingerprint density at radius 3 is 2.63 bits per heavy atom. The molecule has 1 heterocycles. The third-order valence-corrected chi connectivity index (χ3v) is 6.08. The molecule has 1 saturated carbocycles. The monoisotopic (exact) mass is 421 g/mol. The normalized spacial score (nSPS) is 18.2. The predicted octanol–water partition coefficient (Wildman–Crippen LogP) is 6.78. The van der Waals surface area contributed by atoms with Gasteiger partial charge in [0.25, 0.3) is 0 Å². The van der Waals surface area contributed by atoms with E-state index in [1.54, 1.807) is 0 Å². The zero-order valence-electron chi connectivity index (χ0n) is 17.7. The molecule has 1 aromatic heterocycles. The summed E-state index contributed by atoms with van der Waals surface area (Å²) in [7, 11) is 0. The summed E-state index contributed by atoms with van der Waals surface area (Å²) >= 11 is 4.50. The molecule has 0 radical (unpaired) electrons. The van der Waals surface area contributed by atoms with Gasteiger partial charge < -0.3 is 0 Å². The molecular weight excluding hydrogens is 393 g/mol. The van der Waals surface area contributed by atoms with Crippen molar-refractivity contribution in [2.45, 2.75) is 71.1 Å². The van der Waals surface area contributed by atoms with E-state index in [1.165, 1.54) is 62.3 Å². The molecule has 1 aromatic carbocycles. The van der Waals surface area contributed by atoms with E-state index in [0.717, 1.165) is 17.9 Å². The molecule has 0 amide bonds. The Hall–Kier alpha value is -2.41. The molecule has 0 saturated heterocycles. The molecular formula is C25H28FN3S. The van der Waals surface area contributed by atoms with E-state index in [2.05, 4.69) is 76.2 Å². The van der Waals surface area contributed by atoms with Crippen molar-refractivity contribution in [1.82, 2.24) is 9.97 Å². The lowest BCUT2D eigenvalue weighted by Crippen LogP contribution is -2.13. The van der Waals surface area contributed by atoms with Crippen LogP contribution >= 0.6 is 12.2 Å². The number of unbranched alkanes of at least 4 members (excludes halogenated alkanes) is 1. The van der Waals surface area contributed by atoms with Crippen LogP contribution in [-0.4, -0.2) is 15.1 Å². The standard InChI is InChI=1S/C25H28FN3S/c1-3-5-6-18-7-9-21(10-8-18)22-12-11-20(19(4-2)15-22)13-14-23-25(26)29-24(16-27-23)28-17-30/h11-12,15-16,18,21H,3-10H2,1-2H3. The second kappa shape index (κ2) is 11.1. The van der Waals surface area contributed by atoms with Crippen molar-refractivity contribution in [3.63, 3.8) is 0 Å². The number of nitrogens with zero attached hydrogens (tertiary/aromatic N) is 3. The molecule has 2 aromatic rings. The molecule has 5 heteroatoms. The van der Waals surface area contributed by atoms with Gasteiger partial charge in [-0.1, -0.05) is 51.2 Å². The van der Waals surface area contributed by atoms with Crippen LogP contribution in [0.15, 0.2) is 29.4 Å². The molecule has 1 aliphatic rings. The van der Waals surface area contributed by atoms with Crippen molar-refractivity contribution >= 4 is 23.2 Å². The molecule has 1 fully saturated rings. The van der Waals surface area contributed by atoms with Crippen LogP contribution in [0.4, 0.5) is 10.2 Å². The van der Waals surface area contributed by atoms with Crippen LogP contribution in [0, 0.1) is 23.7 Å². The first kappa shape index (κ1) is 22.3. The molecule has 3 rings (SSSR count). The maximum Gasteiger partial charge on any atom is 0.249 e. The highest BCUT2D eigenvalue weighted by molar-refractivity contribution is 7.78. The summed E-state index contributed by atoms with van der Waals surface area (Å²) in [5, 5.41) is 2.15. The minimum atomic E-state index is -0.747. The Labute approximate surface area is 184 Å². The number of aromatic nitrogens is 2. The first-order valence-corrected chi connectivity index (χ1v) is 11.3. The van der Waals surface area contributed by atoms with Gasteiger partial charge in [0, 0.05) is 5.56 Å². The summed E-state index contributed by atoms with van der Waals surface area (Å²) in [6, 6.07) is 6.56. The van der Waals surface area contributed by atoms with Crippen molar-refractivity contribution in [3.05, 3.63) is 52.7 Å². The van der Waals surface area contributed by atoms with Crippen LogP contribution in [0.3, 0.4) is 0 Å². The highest BCUT2D eigenvalue weighted by Gasteiger charge is 2.22. The lowest BCUT2D eigenvalue weighted by Gasteiger charge is -2.29. The Bertz CT molecular complexity index is 978. The van der Waals surface area contributed by atoms with Crippen LogP contribution in [-0.2, 0) is 6.42 Å². The Balaban J connectivity index is 1.73. The van der Waals surface area contributed by atoms with E-state index >= 15 is 0 Å². The first-order chi connectivity index (χ1) is 14.6. The summed E-state index contributed by atoms with van der Waals surface area (Å²) in [6.07, 6.45) is 11.5. The summed E-state index contributed by atoms with van der Waals surface area (Å²) in [5.41, 5.74) is 3.54. The van der Waals surface area contributed by atoms with E-state index in [-0.39, 0.29) is 11.5 Å². The van der Waals surface area contributed by atoms with Gasteiger partial charge in [-0.2, -0.15) is 14.4 Å². The quantitative estimate of drug-likeness (QED) is 0.293. The molecule has 1 aliphatic carbocycles. The Morgan fingerprint density at radius 1 is 1.17 bits per heavy atom. The van der Waals surface area contributed by atoms with Crippen molar-refractivity contribution in [3.8, 4) is 11.8 Å². The topological polar surface area (TPSA) is 38.1 Å². The fourth-order valence-electron chi connectivity index (χ4n) is 4.23. The van der Waals surface area contributed by atoms with Crippen LogP contribution in [0.5, 0.6) is 0 Å². The van der Waals surface area contributed by atoms with Crippen molar-refractivity contribution in [2.24, 2.45) is 10.9 Å². The maximum atomic E-state index is 14.1. The second-order valence-electron chi connectivity index (χ2n) is 7.95. The van der Waals surface area contributed by atoms with Crippen molar-refractivity contribution in [2.75, 3.05) is 0 Å². The zero-order valence-corrected chi connectivity index (χ0v) is 18.6. The highest BCUT2D eigenvalue weighted by atomic mass is 32.1. The van der Waals surface area contributed by atoms with E-state index < -0.39 is 5.95 Å². The molecule has 30 heavy (non-hydrogen) atoms. The minimum absolute atomic E-state index is 0.00912. The number of aryl methyl sites for hydroxylation is 1. The highest BCUT2D eigenvalue weighted by Crippen LogP contribution is 2.38. The van der Waals surface area contributed by atoms with Gasteiger partial charge in [0.15, 0.2) is 11.5 Å². The third-order valence-electron chi connectivity index (χ3n) is 5.99. The lowest BCUT2D eigenvalue weighted by atomic mass is 9.76. The summed E-state index contributed by atoms with van der Waals surface area (Å²) in [6.45, 7) is 4.40. The number of halogens is 1. The average Bonchev–Trinajstić information content (AvgIpc) is 2.77. The van der Waals surface area contributed by atoms with Crippen LogP contribution < -0.4 is 0 Å². The fourth-order valence-corrected chi connectivity index (χ4v) is 4.32. The number of hydrogen-bond acceptors (Lipinski definition) is 4. The van der Waals surface area contributed by atoms with Gasteiger partial charge >= 0.3 is 0 Å². The zero-order chi connectivity index (χ0) is 21.3. The van der Waals surface area contributed by atoms with E-state index in [1.807, 2.05) is 0 Å². The number of benzene rings is 1. The maximum absolute atomic E-state index is 14.1. The number of thiocarbonyl (C=S) groups is 1. The largest absolute Gasteiger partial charge is 0.249 e. The molecule has 3 nitrogen and oxygen atoms in total. The number of aliphatic imine (C=N–C) groups is 1. The Kier molecular flexibility index (Phi) is 8.25. The van der Waals surface area contributed by atoms with Crippen LogP contribution in [0.2, 0.25) is 0 Å². The van der Waals surface area contributed by atoms with Gasteiger partial charge in [-0.3, -0.25) is 0 Å². The lowest BCUT2D eigenvalue weighted by molar-refractivity contribution is 0.304. The third kappa shape index (κ3) is 5.81. The Morgan fingerprint density at radius 2 is 1.97 bits per heavy atom. The van der Waals surface area contributed by atoms with E-state index in [4.69, 9.17) is 0 Å². The summed E-state index contributed by atoms with van der Waals surface area (Å²) in [5.74, 6) is 6.79. The molecule has 0 N–H and O–H groups in total. The molecule has 0 atom stereocenters. The first-order valence-electron chi connectivity index (χ1n) is 10.9. The molecule has 0 unspecified atom stereocenters. The predicted molar refractivity (Wildman–Crippen MR) is 123 cm³/mol. The SMILES string of the molecule is CCCCC1CCC(c2ccc(C#Cc3ncc(N=C=S)nc3F)c(CC)c2)CC1. The van der Waals surface area contributed by atoms with Crippen molar-refractivity contribution < 1.29 is 4.39 Å². The van der Waals surface area contributed by atoms with Crippen LogP contribution in [0.1, 0.15) is 87.1 Å². The smallest absolute Gasteiger partial charge is 0.239 e. The molecule has 156 valence electrons. The van der Waals surface area contributed by atoms with Gasteiger partial charge in [-0.05, 0) is 79.3 Å². The molecule has 0 spiro atoms. The van der Waals surface area contributed by atoms with E-state index in [0.29, 0.717) is 5.92 Å². The van der Waals surface area contributed by atoms with Crippen LogP contribution in [0.25, 0.3) is 0 Å². The minimum Gasteiger partial charge on any atom is -0.239 e.